The third kappa shape index (κ3) is 2.48. The van der Waals surface area contributed by atoms with Gasteiger partial charge in [-0.2, -0.15) is 5.10 Å². The Morgan fingerprint density at radius 3 is 2.71 bits per heavy atom. The van der Waals surface area contributed by atoms with Crippen LogP contribution in [0.4, 0.5) is 5.82 Å². The lowest BCUT2D eigenvalue weighted by atomic mass is 9.99. The number of hydrogen-bond donors (Lipinski definition) is 1. The fraction of sp³-hybridized carbons (Fsp3) is 0.250. The molecule has 2 N–H and O–H groups in total. The topological polar surface area (TPSA) is 70.1 Å². The quantitative estimate of drug-likeness (QED) is 0.690. The van der Waals surface area contributed by atoms with Crippen LogP contribution in [0.2, 0.25) is 0 Å². The first-order valence-electron chi connectivity index (χ1n) is 6.44. The minimum Gasteiger partial charge on any atom is -0.496 e. The van der Waals surface area contributed by atoms with Gasteiger partial charge in [0.1, 0.15) is 23.8 Å². The Kier molecular flexibility index (Phi) is 3.99. The molecule has 0 radical (unpaired) electrons. The molecule has 0 aliphatic heterocycles. The molecule has 21 heavy (non-hydrogen) atoms. The number of carbonyl (C=O) groups excluding carboxylic acids is 1. The predicted molar refractivity (Wildman–Crippen MR) is 82.3 cm³/mol. The lowest BCUT2D eigenvalue weighted by Gasteiger charge is -2.10. The highest BCUT2D eigenvalue weighted by molar-refractivity contribution is 5.92. The van der Waals surface area contributed by atoms with Crippen LogP contribution in [-0.2, 0) is 6.54 Å². The van der Waals surface area contributed by atoms with Crippen LogP contribution in [0.25, 0.3) is 11.3 Å². The number of ether oxygens (including phenoxy) is 1. The van der Waals surface area contributed by atoms with E-state index in [1.54, 1.807) is 7.11 Å². The fourth-order valence-electron chi connectivity index (χ4n) is 2.28. The second kappa shape index (κ2) is 5.71. The van der Waals surface area contributed by atoms with Gasteiger partial charge in [-0.05, 0) is 37.1 Å². The number of anilines is 1. The Hall–Kier alpha value is -2.74. The molecule has 108 valence electrons. The summed E-state index contributed by atoms with van der Waals surface area (Å²) in [5.74, 6) is 3.54. The first-order chi connectivity index (χ1) is 10.0. The van der Waals surface area contributed by atoms with Crippen LogP contribution in [0.5, 0.6) is 5.75 Å². The van der Waals surface area contributed by atoms with E-state index in [9.17, 15) is 4.79 Å². The number of terminal acetylenes is 1. The Morgan fingerprint density at radius 1 is 1.43 bits per heavy atom. The van der Waals surface area contributed by atoms with E-state index < -0.39 is 0 Å². The standard InChI is InChI=1S/C16H17N3O2/c1-5-6-19-16(17)13(9-20)15(18-19)12-7-11(3)14(21-4)8-10(12)2/h1,7-9H,6,17H2,2-4H3. The summed E-state index contributed by atoms with van der Waals surface area (Å²) >= 11 is 0. The molecular formula is C16H17N3O2. The zero-order valence-electron chi connectivity index (χ0n) is 12.3. The van der Waals surface area contributed by atoms with Crippen molar-refractivity contribution >= 4 is 12.1 Å². The molecule has 0 saturated carbocycles. The number of nitrogens with two attached hydrogens (primary N) is 1. The summed E-state index contributed by atoms with van der Waals surface area (Å²) in [7, 11) is 1.62. The first kappa shape index (κ1) is 14.7. The minimum atomic E-state index is 0.223. The third-order valence-corrected chi connectivity index (χ3v) is 3.39. The van der Waals surface area contributed by atoms with Gasteiger partial charge >= 0.3 is 0 Å². The van der Waals surface area contributed by atoms with E-state index in [4.69, 9.17) is 16.9 Å². The number of aldehydes is 1. The normalized spacial score (nSPS) is 10.2. The van der Waals surface area contributed by atoms with Crippen molar-refractivity contribution in [3.05, 3.63) is 28.8 Å². The molecule has 1 heterocycles. The van der Waals surface area contributed by atoms with Gasteiger partial charge in [0.2, 0.25) is 0 Å². The molecule has 5 heteroatoms. The van der Waals surface area contributed by atoms with Gasteiger partial charge in [-0.3, -0.25) is 4.79 Å². The first-order valence-corrected chi connectivity index (χ1v) is 6.44. The van der Waals surface area contributed by atoms with Crippen LogP contribution in [-0.4, -0.2) is 23.2 Å². The average Bonchev–Trinajstić information content (AvgIpc) is 2.77. The van der Waals surface area contributed by atoms with E-state index in [-0.39, 0.29) is 12.4 Å². The maximum Gasteiger partial charge on any atom is 0.156 e. The number of aromatic nitrogens is 2. The van der Waals surface area contributed by atoms with Gasteiger partial charge in [0.15, 0.2) is 6.29 Å². The van der Waals surface area contributed by atoms with E-state index in [0.717, 1.165) is 22.4 Å². The molecule has 0 aliphatic rings. The molecule has 0 atom stereocenters. The van der Waals surface area contributed by atoms with E-state index >= 15 is 0 Å². The zero-order valence-corrected chi connectivity index (χ0v) is 12.3. The smallest absolute Gasteiger partial charge is 0.156 e. The molecule has 2 rings (SSSR count). The second-order valence-corrected chi connectivity index (χ2v) is 4.76. The van der Waals surface area contributed by atoms with Crippen LogP contribution in [0.3, 0.4) is 0 Å². The molecule has 0 fully saturated rings. The summed E-state index contributed by atoms with van der Waals surface area (Å²) in [5, 5.41) is 4.38. The van der Waals surface area contributed by atoms with E-state index in [2.05, 4.69) is 11.0 Å². The van der Waals surface area contributed by atoms with Gasteiger partial charge in [0.05, 0.1) is 12.7 Å². The van der Waals surface area contributed by atoms with Gasteiger partial charge in [-0.15, -0.1) is 6.42 Å². The van der Waals surface area contributed by atoms with Crippen molar-refractivity contribution in [2.45, 2.75) is 20.4 Å². The van der Waals surface area contributed by atoms with E-state index in [0.29, 0.717) is 17.5 Å². The molecule has 0 saturated heterocycles. The minimum absolute atomic E-state index is 0.223. The summed E-state index contributed by atoms with van der Waals surface area (Å²) in [6, 6.07) is 3.85. The van der Waals surface area contributed by atoms with Gasteiger partial charge in [0, 0.05) is 5.56 Å². The highest BCUT2D eigenvalue weighted by atomic mass is 16.5. The van der Waals surface area contributed by atoms with E-state index in [1.807, 2.05) is 26.0 Å². The van der Waals surface area contributed by atoms with Crippen LogP contribution >= 0.6 is 0 Å². The summed E-state index contributed by atoms with van der Waals surface area (Å²) in [4.78, 5) is 11.3. The van der Waals surface area contributed by atoms with Crippen molar-refractivity contribution in [2.75, 3.05) is 12.8 Å². The number of aryl methyl sites for hydroxylation is 2. The summed E-state index contributed by atoms with van der Waals surface area (Å²) in [6.07, 6.45) is 6.00. The molecule has 0 aliphatic carbocycles. The van der Waals surface area contributed by atoms with Crippen molar-refractivity contribution in [1.82, 2.24) is 9.78 Å². The Bertz CT molecular complexity index is 739. The Balaban J connectivity index is 2.67. The number of methoxy groups -OCH3 is 1. The Labute approximate surface area is 123 Å². The van der Waals surface area contributed by atoms with Gasteiger partial charge in [-0.1, -0.05) is 5.92 Å². The van der Waals surface area contributed by atoms with Gasteiger partial charge in [0.25, 0.3) is 0 Å². The zero-order chi connectivity index (χ0) is 15.6. The number of rotatable bonds is 4. The molecule has 0 spiro atoms. The van der Waals surface area contributed by atoms with E-state index in [1.165, 1.54) is 4.68 Å². The number of carbonyl (C=O) groups is 1. The number of benzene rings is 1. The lowest BCUT2D eigenvalue weighted by molar-refractivity contribution is 0.112. The van der Waals surface area contributed by atoms with Crippen LogP contribution in [0, 0.1) is 26.2 Å². The summed E-state index contributed by atoms with van der Waals surface area (Å²) in [5.41, 5.74) is 9.59. The number of nitrogens with zero attached hydrogens (tertiary/aromatic N) is 2. The average molecular weight is 283 g/mol. The highest BCUT2D eigenvalue weighted by Gasteiger charge is 2.18. The maximum absolute atomic E-state index is 11.3. The molecule has 2 aromatic rings. The number of nitrogen functional groups attached to an aromatic ring is 1. The fourth-order valence-corrected chi connectivity index (χ4v) is 2.28. The molecule has 1 aromatic carbocycles. The second-order valence-electron chi connectivity index (χ2n) is 4.76. The maximum atomic E-state index is 11.3. The molecule has 1 aromatic heterocycles. The van der Waals surface area contributed by atoms with Crippen molar-refractivity contribution in [1.29, 1.82) is 0 Å². The Morgan fingerprint density at radius 2 is 2.14 bits per heavy atom. The molecular weight excluding hydrogens is 266 g/mol. The van der Waals surface area contributed by atoms with Gasteiger partial charge < -0.3 is 10.5 Å². The predicted octanol–water partition coefficient (Wildman–Crippen LogP) is 2.20. The van der Waals surface area contributed by atoms with Crippen molar-refractivity contribution < 1.29 is 9.53 Å². The van der Waals surface area contributed by atoms with Gasteiger partial charge in [-0.25, -0.2) is 4.68 Å². The highest BCUT2D eigenvalue weighted by Crippen LogP contribution is 2.32. The molecule has 0 bridgehead atoms. The molecule has 0 amide bonds. The van der Waals surface area contributed by atoms with Crippen LogP contribution in [0.15, 0.2) is 12.1 Å². The monoisotopic (exact) mass is 283 g/mol. The van der Waals surface area contributed by atoms with Crippen molar-refractivity contribution in [2.24, 2.45) is 0 Å². The van der Waals surface area contributed by atoms with Crippen molar-refractivity contribution in [3.63, 3.8) is 0 Å². The largest absolute Gasteiger partial charge is 0.496 e. The molecule has 5 nitrogen and oxygen atoms in total. The van der Waals surface area contributed by atoms with Crippen LogP contribution in [0.1, 0.15) is 21.5 Å². The SMILES string of the molecule is C#CCn1nc(-c2cc(C)c(OC)cc2C)c(C=O)c1N. The van der Waals surface area contributed by atoms with Crippen molar-refractivity contribution in [3.8, 4) is 29.4 Å². The summed E-state index contributed by atoms with van der Waals surface area (Å²) in [6.45, 7) is 4.09. The molecule has 0 unspecified atom stereocenters. The lowest BCUT2D eigenvalue weighted by Crippen LogP contribution is -2.03. The third-order valence-electron chi connectivity index (χ3n) is 3.39. The summed E-state index contributed by atoms with van der Waals surface area (Å²) < 4.78 is 6.75. The number of hydrogen-bond acceptors (Lipinski definition) is 4. The van der Waals surface area contributed by atoms with Crippen LogP contribution < -0.4 is 10.5 Å².